The van der Waals surface area contributed by atoms with E-state index in [0.717, 1.165) is 14.7 Å². The first kappa shape index (κ1) is 21.5. The second kappa shape index (κ2) is 10.0. The Morgan fingerprint density at radius 3 is 2.66 bits per heavy atom. The van der Waals surface area contributed by atoms with E-state index >= 15 is 0 Å². The number of carbonyl (C=O) groups excluding carboxylic acids is 1. The Balaban J connectivity index is 1.70. The summed E-state index contributed by atoms with van der Waals surface area (Å²) >= 11 is 2.20. The number of hydrogen-bond donors (Lipinski definition) is 1. The minimum atomic E-state index is -1.29. The van der Waals surface area contributed by atoms with Crippen LogP contribution in [0.25, 0.3) is 0 Å². The van der Waals surface area contributed by atoms with Crippen molar-refractivity contribution in [2.45, 2.75) is 26.2 Å². The first-order valence-electron chi connectivity index (χ1n) is 9.26. The lowest BCUT2D eigenvalue weighted by Crippen LogP contribution is -2.43. The summed E-state index contributed by atoms with van der Waals surface area (Å²) < 4.78 is 23.3. The van der Waals surface area contributed by atoms with Crippen molar-refractivity contribution in [1.82, 2.24) is 5.43 Å². The third-order valence-corrected chi connectivity index (χ3v) is 4.99. The number of nitrogens with zero attached hydrogens (tertiary/aromatic N) is 1. The number of amides is 1. The maximum atomic E-state index is 12.1. The van der Waals surface area contributed by atoms with E-state index < -0.39 is 11.7 Å². The first-order valence-corrected chi connectivity index (χ1v) is 10.3. The number of halogens is 1. The third-order valence-electron chi connectivity index (χ3n) is 4.19. The molecule has 1 heterocycles. The van der Waals surface area contributed by atoms with Gasteiger partial charge in [-0.25, -0.2) is 5.43 Å². The molecule has 7 nitrogen and oxygen atoms in total. The molecule has 0 radical (unpaired) electrons. The second-order valence-corrected chi connectivity index (χ2v) is 7.54. The summed E-state index contributed by atoms with van der Waals surface area (Å²) in [5.74, 6) is -0.443. The van der Waals surface area contributed by atoms with Crippen molar-refractivity contribution in [1.29, 1.82) is 0 Å². The molecule has 29 heavy (non-hydrogen) atoms. The van der Waals surface area contributed by atoms with E-state index in [9.17, 15) is 4.79 Å². The van der Waals surface area contributed by atoms with Gasteiger partial charge in [-0.15, -0.1) is 0 Å². The van der Waals surface area contributed by atoms with Crippen LogP contribution in [0, 0.1) is 3.57 Å². The van der Waals surface area contributed by atoms with Crippen LogP contribution in [0.4, 0.5) is 0 Å². The second-order valence-electron chi connectivity index (χ2n) is 6.38. The number of nitrogens with one attached hydrogen (secondary N) is 1. The molecular formula is C21H23IN2O5. The van der Waals surface area contributed by atoms with Gasteiger partial charge in [-0.3, -0.25) is 4.79 Å². The quantitative estimate of drug-likeness (QED) is 0.335. The van der Waals surface area contributed by atoms with Crippen molar-refractivity contribution in [2.75, 3.05) is 19.8 Å². The van der Waals surface area contributed by atoms with E-state index in [4.69, 9.17) is 18.9 Å². The molecule has 154 valence electrons. The third kappa shape index (κ3) is 5.68. The number of hydrogen-bond acceptors (Lipinski definition) is 6. The summed E-state index contributed by atoms with van der Waals surface area (Å²) in [4.78, 5) is 12.1. The summed E-state index contributed by atoms with van der Waals surface area (Å²) in [6.45, 7) is 5.19. The van der Waals surface area contributed by atoms with Crippen molar-refractivity contribution in [3.63, 3.8) is 0 Å². The molecule has 3 rings (SSSR count). The lowest BCUT2D eigenvalue weighted by Gasteiger charge is -2.19. The van der Waals surface area contributed by atoms with Crippen molar-refractivity contribution < 1.29 is 23.7 Å². The molecular weight excluding hydrogens is 487 g/mol. The van der Waals surface area contributed by atoms with Crippen LogP contribution in [0.1, 0.15) is 25.0 Å². The largest absolute Gasteiger partial charge is 0.490 e. The molecule has 1 amide bonds. The summed E-state index contributed by atoms with van der Waals surface area (Å²) in [5.41, 5.74) is 4.29. The highest BCUT2D eigenvalue weighted by Crippen LogP contribution is 2.34. The lowest BCUT2D eigenvalue weighted by molar-refractivity contribution is -0.176. The van der Waals surface area contributed by atoms with E-state index in [1.54, 1.807) is 13.1 Å². The topological polar surface area (TPSA) is 78.4 Å². The fraction of sp³-hybridized carbons (Fsp3) is 0.333. The lowest BCUT2D eigenvalue weighted by atomic mass is 10.2. The van der Waals surface area contributed by atoms with Gasteiger partial charge in [0.15, 0.2) is 11.5 Å². The minimum Gasteiger partial charge on any atom is -0.490 e. The first-order chi connectivity index (χ1) is 14.0. The van der Waals surface area contributed by atoms with Crippen LogP contribution in [0.3, 0.4) is 0 Å². The van der Waals surface area contributed by atoms with Crippen molar-refractivity contribution in [3.8, 4) is 11.5 Å². The molecule has 1 aliphatic heterocycles. The van der Waals surface area contributed by atoms with E-state index in [1.165, 1.54) is 0 Å². The average Bonchev–Trinajstić information content (AvgIpc) is 3.16. The summed E-state index contributed by atoms with van der Waals surface area (Å²) in [7, 11) is 0. The smallest absolute Gasteiger partial charge is 0.300 e. The monoisotopic (exact) mass is 510 g/mol. The normalized spacial score (nSPS) is 15.4. The standard InChI is InChI=1S/C21H23IN2O5/c1-3-26-18-12-16(13-23-24-20(25)21(2)28-9-10-29-21)11-17(22)19(18)27-14-15-7-5-4-6-8-15/h4-8,11-13H,3,9-10,14H2,1-2H3,(H,24,25)/b23-13-. The molecule has 0 unspecified atom stereocenters. The van der Waals surface area contributed by atoms with E-state index in [-0.39, 0.29) is 0 Å². The van der Waals surface area contributed by atoms with Gasteiger partial charge in [0.05, 0.1) is 29.6 Å². The Kier molecular flexibility index (Phi) is 7.45. The highest BCUT2D eigenvalue weighted by Gasteiger charge is 2.39. The molecule has 0 atom stereocenters. The Hall–Kier alpha value is -2.17. The highest BCUT2D eigenvalue weighted by atomic mass is 127. The molecule has 1 N–H and O–H groups in total. The number of ether oxygens (including phenoxy) is 4. The average molecular weight is 510 g/mol. The van der Waals surface area contributed by atoms with E-state index in [0.29, 0.717) is 37.9 Å². The maximum absolute atomic E-state index is 12.1. The molecule has 0 saturated carbocycles. The van der Waals surface area contributed by atoms with Gasteiger partial charge in [-0.05, 0) is 59.7 Å². The predicted octanol–water partition coefficient (Wildman–Crippen LogP) is 3.48. The Bertz CT molecular complexity index is 867. The Morgan fingerprint density at radius 2 is 1.97 bits per heavy atom. The minimum absolute atomic E-state index is 0.383. The van der Waals surface area contributed by atoms with Gasteiger partial charge < -0.3 is 18.9 Å². The molecule has 0 aliphatic carbocycles. The van der Waals surface area contributed by atoms with Crippen LogP contribution in [0.15, 0.2) is 47.6 Å². The fourth-order valence-electron chi connectivity index (χ4n) is 2.71. The number of rotatable bonds is 8. The SMILES string of the molecule is CCOc1cc(/C=N\NC(=O)C2(C)OCCO2)cc(I)c1OCc1ccccc1. The molecule has 0 spiro atoms. The van der Waals surface area contributed by atoms with Gasteiger partial charge in [0.2, 0.25) is 5.79 Å². The molecule has 1 fully saturated rings. The number of hydrazone groups is 1. The van der Waals surface area contributed by atoms with Crippen molar-refractivity contribution in [3.05, 3.63) is 57.2 Å². The molecule has 8 heteroatoms. The maximum Gasteiger partial charge on any atom is 0.300 e. The van der Waals surface area contributed by atoms with Gasteiger partial charge in [0, 0.05) is 0 Å². The Morgan fingerprint density at radius 1 is 1.24 bits per heavy atom. The Labute approximate surface area is 183 Å². The van der Waals surface area contributed by atoms with Gasteiger partial charge in [-0.1, -0.05) is 30.3 Å². The van der Waals surface area contributed by atoms with Crippen molar-refractivity contribution >= 4 is 34.7 Å². The van der Waals surface area contributed by atoms with E-state index in [1.807, 2.05) is 49.4 Å². The number of carbonyl (C=O) groups is 1. The molecule has 0 aromatic heterocycles. The van der Waals surface area contributed by atoms with Crippen LogP contribution in [-0.4, -0.2) is 37.7 Å². The predicted molar refractivity (Wildman–Crippen MR) is 117 cm³/mol. The summed E-state index contributed by atoms with van der Waals surface area (Å²) in [5, 5.41) is 4.01. The molecule has 1 aliphatic rings. The van der Waals surface area contributed by atoms with Gasteiger partial charge in [0.1, 0.15) is 6.61 Å². The summed E-state index contributed by atoms with van der Waals surface area (Å²) in [6.07, 6.45) is 1.54. The number of benzene rings is 2. The van der Waals surface area contributed by atoms with Crippen LogP contribution in [-0.2, 0) is 20.9 Å². The van der Waals surface area contributed by atoms with Crippen LogP contribution in [0.5, 0.6) is 11.5 Å². The van der Waals surface area contributed by atoms with Gasteiger partial charge in [-0.2, -0.15) is 5.10 Å². The van der Waals surface area contributed by atoms with Crippen LogP contribution in [0.2, 0.25) is 0 Å². The molecule has 2 aromatic rings. The van der Waals surface area contributed by atoms with Crippen molar-refractivity contribution in [2.24, 2.45) is 5.10 Å². The van der Waals surface area contributed by atoms with Gasteiger partial charge >= 0.3 is 0 Å². The van der Waals surface area contributed by atoms with Crippen LogP contribution >= 0.6 is 22.6 Å². The zero-order chi connectivity index (χ0) is 20.7. The zero-order valence-corrected chi connectivity index (χ0v) is 18.5. The van der Waals surface area contributed by atoms with Crippen LogP contribution < -0.4 is 14.9 Å². The molecule has 2 aromatic carbocycles. The molecule has 1 saturated heterocycles. The zero-order valence-electron chi connectivity index (χ0n) is 16.3. The van der Waals surface area contributed by atoms with E-state index in [2.05, 4.69) is 33.1 Å². The molecule has 0 bridgehead atoms. The van der Waals surface area contributed by atoms with Gasteiger partial charge in [0.25, 0.3) is 5.91 Å². The fourth-order valence-corrected chi connectivity index (χ4v) is 3.49. The highest BCUT2D eigenvalue weighted by molar-refractivity contribution is 14.1. The summed E-state index contributed by atoms with van der Waals surface area (Å²) in [6, 6.07) is 13.7.